The van der Waals surface area contributed by atoms with Crippen LogP contribution in [0.3, 0.4) is 0 Å². The molecular formula is C9H20N2O. The quantitative estimate of drug-likeness (QED) is 0.636. The zero-order chi connectivity index (χ0) is 9.03. The van der Waals surface area contributed by atoms with Crippen LogP contribution in [-0.2, 0) is 0 Å². The summed E-state index contributed by atoms with van der Waals surface area (Å²) in [4.78, 5) is 2.32. The summed E-state index contributed by atoms with van der Waals surface area (Å²) < 4.78 is 0. The van der Waals surface area contributed by atoms with E-state index < -0.39 is 5.60 Å². The van der Waals surface area contributed by atoms with Crippen molar-refractivity contribution in [3.05, 3.63) is 0 Å². The highest BCUT2D eigenvalue weighted by molar-refractivity contribution is 4.89. The molecule has 0 aromatic heterocycles. The van der Waals surface area contributed by atoms with Gasteiger partial charge in [0, 0.05) is 13.1 Å². The molecule has 0 aromatic carbocycles. The number of rotatable bonds is 4. The van der Waals surface area contributed by atoms with Crippen LogP contribution in [0.2, 0.25) is 0 Å². The van der Waals surface area contributed by atoms with Gasteiger partial charge in [0.25, 0.3) is 0 Å². The Balaban J connectivity index is 2.32. The molecule has 0 radical (unpaired) electrons. The molecule has 0 aliphatic carbocycles. The van der Waals surface area contributed by atoms with Gasteiger partial charge in [0.05, 0.1) is 5.60 Å². The molecule has 3 N–H and O–H groups in total. The first-order valence-corrected chi connectivity index (χ1v) is 4.85. The minimum atomic E-state index is -0.482. The molecule has 1 atom stereocenters. The number of likely N-dealkylation sites (tertiary alicyclic amines) is 1. The minimum Gasteiger partial charge on any atom is -0.388 e. The second-order valence-corrected chi connectivity index (χ2v) is 3.79. The zero-order valence-corrected chi connectivity index (χ0v) is 7.92. The average Bonchev–Trinajstić information content (AvgIpc) is 2.34. The Bertz CT molecular complexity index is 140. The van der Waals surface area contributed by atoms with Gasteiger partial charge in [0.1, 0.15) is 0 Å². The molecule has 1 unspecified atom stereocenters. The van der Waals surface area contributed by atoms with Crippen molar-refractivity contribution in [3.8, 4) is 0 Å². The highest BCUT2D eigenvalue weighted by Crippen LogP contribution is 2.23. The number of nitrogens with zero attached hydrogens (tertiary/aromatic N) is 1. The lowest BCUT2D eigenvalue weighted by molar-refractivity contribution is 0.0431. The lowest BCUT2D eigenvalue weighted by atomic mass is 9.99. The van der Waals surface area contributed by atoms with Gasteiger partial charge in [-0.15, -0.1) is 0 Å². The lowest BCUT2D eigenvalue weighted by Crippen LogP contribution is -2.35. The molecule has 0 aromatic rings. The third-order valence-corrected chi connectivity index (χ3v) is 2.56. The minimum absolute atomic E-state index is 0.482. The standard InChI is InChI=1S/C9H20N2O/c1-2-6-11-7-4-9(12,8-11)3-5-10/h12H,2-8,10H2,1H3. The van der Waals surface area contributed by atoms with Crippen molar-refractivity contribution in [2.45, 2.75) is 31.8 Å². The molecule has 1 saturated heterocycles. The topological polar surface area (TPSA) is 49.5 Å². The predicted octanol–water partition coefficient (Wildman–Crippen LogP) is 0.182. The van der Waals surface area contributed by atoms with E-state index in [-0.39, 0.29) is 0 Å². The van der Waals surface area contributed by atoms with Crippen molar-refractivity contribution >= 4 is 0 Å². The van der Waals surface area contributed by atoms with E-state index in [4.69, 9.17) is 5.73 Å². The summed E-state index contributed by atoms with van der Waals surface area (Å²) in [6, 6.07) is 0. The summed E-state index contributed by atoms with van der Waals surface area (Å²) in [5.41, 5.74) is 4.95. The molecule has 1 aliphatic rings. The van der Waals surface area contributed by atoms with Crippen molar-refractivity contribution in [1.82, 2.24) is 4.90 Å². The van der Waals surface area contributed by atoms with Crippen LogP contribution in [0, 0.1) is 0 Å². The van der Waals surface area contributed by atoms with Gasteiger partial charge in [0.15, 0.2) is 0 Å². The van der Waals surface area contributed by atoms with E-state index in [9.17, 15) is 5.11 Å². The van der Waals surface area contributed by atoms with Gasteiger partial charge in [-0.2, -0.15) is 0 Å². The molecule has 1 aliphatic heterocycles. The number of aliphatic hydroxyl groups is 1. The smallest absolute Gasteiger partial charge is 0.0798 e. The molecule has 1 fully saturated rings. The third kappa shape index (κ3) is 2.44. The fourth-order valence-corrected chi connectivity index (χ4v) is 1.92. The molecule has 1 heterocycles. The van der Waals surface area contributed by atoms with Gasteiger partial charge in [-0.05, 0) is 32.4 Å². The van der Waals surface area contributed by atoms with Crippen LogP contribution in [0.25, 0.3) is 0 Å². The molecule has 0 bridgehead atoms. The van der Waals surface area contributed by atoms with E-state index in [1.807, 2.05) is 0 Å². The molecule has 0 spiro atoms. The number of β-amino-alcohol motifs (C(OH)–C–C–N with tert-alkyl or cyclic N) is 1. The summed E-state index contributed by atoms with van der Waals surface area (Å²) >= 11 is 0. The first-order valence-electron chi connectivity index (χ1n) is 4.85. The van der Waals surface area contributed by atoms with Crippen LogP contribution in [0.1, 0.15) is 26.2 Å². The molecule has 3 heteroatoms. The summed E-state index contributed by atoms with van der Waals surface area (Å²) in [5, 5.41) is 9.97. The Hall–Kier alpha value is -0.120. The maximum Gasteiger partial charge on any atom is 0.0798 e. The van der Waals surface area contributed by atoms with Crippen molar-refractivity contribution in [1.29, 1.82) is 0 Å². The van der Waals surface area contributed by atoms with E-state index >= 15 is 0 Å². The summed E-state index contributed by atoms with van der Waals surface area (Å²) in [6.07, 6.45) is 2.80. The van der Waals surface area contributed by atoms with Gasteiger partial charge in [-0.25, -0.2) is 0 Å². The molecular weight excluding hydrogens is 152 g/mol. The first-order chi connectivity index (χ1) is 5.70. The summed E-state index contributed by atoms with van der Waals surface area (Å²) in [6.45, 7) is 5.71. The Morgan fingerprint density at radius 3 is 2.92 bits per heavy atom. The molecule has 12 heavy (non-hydrogen) atoms. The Kier molecular flexibility index (Phi) is 3.50. The fraction of sp³-hybridized carbons (Fsp3) is 1.00. The van der Waals surface area contributed by atoms with Crippen molar-refractivity contribution in [3.63, 3.8) is 0 Å². The van der Waals surface area contributed by atoms with Gasteiger partial charge in [0.2, 0.25) is 0 Å². The average molecular weight is 172 g/mol. The van der Waals surface area contributed by atoms with E-state index in [2.05, 4.69) is 11.8 Å². The third-order valence-electron chi connectivity index (χ3n) is 2.56. The Morgan fingerprint density at radius 2 is 2.33 bits per heavy atom. The predicted molar refractivity (Wildman–Crippen MR) is 50.0 cm³/mol. The SMILES string of the molecule is CCCN1CCC(O)(CCN)C1. The van der Waals surface area contributed by atoms with Crippen molar-refractivity contribution in [2.75, 3.05) is 26.2 Å². The van der Waals surface area contributed by atoms with E-state index in [1.165, 1.54) is 6.42 Å². The highest BCUT2D eigenvalue weighted by atomic mass is 16.3. The van der Waals surface area contributed by atoms with Gasteiger partial charge < -0.3 is 15.7 Å². The summed E-state index contributed by atoms with van der Waals surface area (Å²) in [5.74, 6) is 0. The largest absolute Gasteiger partial charge is 0.388 e. The van der Waals surface area contributed by atoms with Crippen LogP contribution >= 0.6 is 0 Å². The van der Waals surface area contributed by atoms with Crippen LogP contribution in [0.15, 0.2) is 0 Å². The Labute approximate surface area is 74.5 Å². The van der Waals surface area contributed by atoms with Crippen LogP contribution in [0.5, 0.6) is 0 Å². The molecule has 0 saturated carbocycles. The number of hydrogen-bond acceptors (Lipinski definition) is 3. The fourth-order valence-electron chi connectivity index (χ4n) is 1.92. The zero-order valence-electron chi connectivity index (χ0n) is 7.92. The lowest BCUT2D eigenvalue weighted by Gasteiger charge is -2.22. The van der Waals surface area contributed by atoms with Gasteiger partial charge in [-0.3, -0.25) is 0 Å². The maximum absolute atomic E-state index is 9.97. The monoisotopic (exact) mass is 172 g/mol. The second kappa shape index (κ2) is 4.21. The van der Waals surface area contributed by atoms with Gasteiger partial charge >= 0.3 is 0 Å². The van der Waals surface area contributed by atoms with Crippen LogP contribution in [-0.4, -0.2) is 41.8 Å². The van der Waals surface area contributed by atoms with E-state index in [0.717, 1.165) is 32.5 Å². The molecule has 0 amide bonds. The van der Waals surface area contributed by atoms with Crippen LogP contribution < -0.4 is 5.73 Å². The molecule has 1 rings (SSSR count). The molecule has 3 nitrogen and oxygen atoms in total. The number of nitrogens with two attached hydrogens (primary N) is 1. The Morgan fingerprint density at radius 1 is 1.58 bits per heavy atom. The first kappa shape index (κ1) is 9.96. The second-order valence-electron chi connectivity index (χ2n) is 3.79. The van der Waals surface area contributed by atoms with Crippen molar-refractivity contribution < 1.29 is 5.11 Å². The summed E-state index contributed by atoms with van der Waals surface area (Å²) in [7, 11) is 0. The maximum atomic E-state index is 9.97. The van der Waals surface area contributed by atoms with Crippen molar-refractivity contribution in [2.24, 2.45) is 5.73 Å². The molecule has 72 valence electrons. The normalized spacial score (nSPS) is 31.2. The number of hydrogen-bond donors (Lipinski definition) is 2. The highest BCUT2D eigenvalue weighted by Gasteiger charge is 2.34. The van der Waals surface area contributed by atoms with E-state index in [1.54, 1.807) is 0 Å². The van der Waals surface area contributed by atoms with E-state index in [0.29, 0.717) is 6.54 Å². The van der Waals surface area contributed by atoms with Gasteiger partial charge in [-0.1, -0.05) is 6.92 Å². The van der Waals surface area contributed by atoms with Crippen LogP contribution in [0.4, 0.5) is 0 Å².